The van der Waals surface area contributed by atoms with Gasteiger partial charge in [0.15, 0.2) is 11.5 Å². The van der Waals surface area contributed by atoms with Crippen LogP contribution in [0.2, 0.25) is 5.02 Å². The quantitative estimate of drug-likeness (QED) is 0.424. The Morgan fingerprint density at radius 3 is 2.58 bits per heavy atom. The molecular weight excluding hydrogens is 350 g/mol. The number of nitrogens with one attached hydrogen (secondary N) is 2. The average Bonchev–Trinajstić information content (AvgIpc) is 3.19. The van der Waals surface area contributed by atoms with Crippen molar-refractivity contribution in [2.24, 2.45) is 5.10 Å². The Morgan fingerprint density at radius 2 is 1.85 bits per heavy atom. The molecule has 7 nitrogen and oxygen atoms in total. The van der Waals surface area contributed by atoms with Crippen LogP contribution in [-0.2, 0) is 0 Å². The van der Waals surface area contributed by atoms with E-state index in [0.29, 0.717) is 5.02 Å². The summed E-state index contributed by atoms with van der Waals surface area (Å²) in [6, 6.07) is 11.2. The van der Waals surface area contributed by atoms with E-state index in [4.69, 9.17) is 11.6 Å². The van der Waals surface area contributed by atoms with E-state index in [-0.39, 0.29) is 0 Å². The Morgan fingerprint density at radius 1 is 1.12 bits per heavy atom. The molecule has 0 atom stereocenters. The summed E-state index contributed by atoms with van der Waals surface area (Å²) in [5.74, 6) is 0.732. The minimum atomic E-state index is 0.687. The molecule has 0 radical (unpaired) electrons. The molecule has 0 aliphatic heterocycles. The average molecular weight is 366 g/mol. The molecule has 3 aromatic heterocycles. The summed E-state index contributed by atoms with van der Waals surface area (Å²) in [5.41, 5.74) is 8.25. The van der Waals surface area contributed by atoms with E-state index in [9.17, 15) is 0 Å². The lowest BCUT2D eigenvalue weighted by Crippen LogP contribution is -2.01. The zero-order valence-electron chi connectivity index (χ0n) is 14.2. The van der Waals surface area contributed by atoms with Crippen molar-refractivity contribution in [1.29, 1.82) is 0 Å². The predicted molar refractivity (Wildman–Crippen MR) is 103 cm³/mol. The van der Waals surface area contributed by atoms with Crippen LogP contribution in [0.3, 0.4) is 0 Å². The number of hydrazone groups is 1. The van der Waals surface area contributed by atoms with Crippen molar-refractivity contribution >= 4 is 28.6 Å². The van der Waals surface area contributed by atoms with Gasteiger partial charge in [-0.2, -0.15) is 5.10 Å². The van der Waals surface area contributed by atoms with Crippen molar-refractivity contribution in [3.05, 3.63) is 65.1 Å². The molecular formula is C18H16ClN7. The number of hydrogen-bond acceptors (Lipinski definition) is 5. The number of benzene rings is 1. The SMILES string of the molecule is C/C(=N\Nc1ccc(Cl)cc1)c1c(C)[nH]n2c(-c3ccncc3)nnc12. The van der Waals surface area contributed by atoms with Crippen LogP contribution in [0.1, 0.15) is 18.2 Å². The van der Waals surface area contributed by atoms with E-state index in [1.807, 2.05) is 54.8 Å². The van der Waals surface area contributed by atoms with E-state index in [1.165, 1.54) is 0 Å². The summed E-state index contributed by atoms with van der Waals surface area (Å²) >= 11 is 5.90. The first-order valence-corrected chi connectivity index (χ1v) is 8.41. The fourth-order valence-corrected chi connectivity index (χ4v) is 2.92. The van der Waals surface area contributed by atoms with Crippen LogP contribution in [0.15, 0.2) is 53.9 Å². The molecule has 1 aromatic carbocycles. The number of aromatic nitrogens is 5. The van der Waals surface area contributed by atoms with Crippen LogP contribution in [0.5, 0.6) is 0 Å². The Kier molecular flexibility index (Phi) is 4.14. The van der Waals surface area contributed by atoms with Gasteiger partial charge in [-0.15, -0.1) is 10.2 Å². The predicted octanol–water partition coefficient (Wildman–Crippen LogP) is 3.92. The third-order valence-corrected chi connectivity index (χ3v) is 4.29. The highest BCUT2D eigenvalue weighted by atomic mass is 35.5. The van der Waals surface area contributed by atoms with Gasteiger partial charge < -0.3 is 0 Å². The van der Waals surface area contributed by atoms with Crippen LogP contribution in [-0.4, -0.2) is 30.5 Å². The first-order chi connectivity index (χ1) is 12.6. The number of pyridine rings is 1. The highest BCUT2D eigenvalue weighted by Gasteiger charge is 2.18. The lowest BCUT2D eigenvalue weighted by molar-refractivity contribution is 0.937. The molecule has 0 saturated heterocycles. The van der Waals surface area contributed by atoms with Crippen LogP contribution >= 0.6 is 11.6 Å². The van der Waals surface area contributed by atoms with Gasteiger partial charge in [0.25, 0.3) is 0 Å². The smallest absolute Gasteiger partial charge is 0.187 e. The maximum absolute atomic E-state index is 5.90. The second kappa shape index (κ2) is 6.61. The van der Waals surface area contributed by atoms with Crippen LogP contribution in [0.4, 0.5) is 5.69 Å². The molecule has 26 heavy (non-hydrogen) atoms. The minimum absolute atomic E-state index is 0.687. The van der Waals surface area contributed by atoms with Gasteiger partial charge in [0.2, 0.25) is 0 Å². The zero-order chi connectivity index (χ0) is 18.1. The fraction of sp³-hybridized carbons (Fsp3) is 0.111. The van der Waals surface area contributed by atoms with Crippen molar-refractivity contribution in [1.82, 2.24) is 24.8 Å². The van der Waals surface area contributed by atoms with Crippen molar-refractivity contribution in [2.75, 3.05) is 5.43 Å². The Bertz CT molecular complexity index is 1080. The number of aryl methyl sites for hydroxylation is 1. The third-order valence-electron chi connectivity index (χ3n) is 4.04. The molecule has 2 N–H and O–H groups in total. The summed E-state index contributed by atoms with van der Waals surface area (Å²) in [4.78, 5) is 4.04. The van der Waals surface area contributed by atoms with Gasteiger partial charge in [0.05, 0.1) is 17.0 Å². The van der Waals surface area contributed by atoms with E-state index >= 15 is 0 Å². The number of aromatic amines is 1. The first-order valence-electron chi connectivity index (χ1n) is 8.04. The summed E-state index contributed by atoms with van der Waals surface area (Å²) < 4.78 is 1.86. The topological polar surface area (TPSA) is 83.3 Å². The van der Waals surface area contributed by atoms with Gasteiger partial charge in [-0.05, 0) is 50.2 Å². The molecule has 0 aliphatic carbocycles. The van der Waals surface area contributed by atoms with Crippen molar-refractivity contribution in [3.63, 3.8) is 0 Å². The van der Waals surface area contributed by atoms with Gasteiger partial charge in [0.1, 0.15) is 0 Å². The highest BCUT2D eigenvalue weighted by molar-refractivity contribution is 6.30. The number of H-pyrrole nitrogens is 1. The van der Waals surface area contributed by atoms with Gasteiger partial charge >= 0.3 is 0 Å². The molecule has 0 spiro atoms. The number of hydrogen-bond donors (Lipinski definition) is 2. The van der Waals surface area contributed by atoms with E-state index < -0.39 is 0 Å². The number of halogens is 1. The van der Waals surface area contributed by atoms with Gasteiger partial charge in [-0.1, -0.05) is 11.6 Å². The fourth-order valence-electron chi connectivity index (χ4n) is 2.79. The second-order valence-electron chi connectivity index (χ2n) is 5.85. The Balaban J connectivity index is 1.70. The summed E-state index contributed by atoms with van der Waals surface area (Å²) in [6.45, 7) is 3.92. The molecule has 0 aliphatic rings. The van der Waals surface area contributed by atoms with Gasteiger partial charge in [0, 0.05) is 28.7 Å². The van der Waals surface area contributed by atoms with Crippen molar-refractivity contribution in [3.8, 4) is 11.4 Å². The second-order valence-corrected chi connectivity index (χ2v) is 6.28. The molecule has 0 unspecified atom stereocenters. The molecule has 0 bridgehead atoms. The largest absolute Gasteiger partial charge is 0.294 e. The highest BCUT2D eigenvalue weighted by Crippen LogP contribution is 2.22. The number of nitrogens with zero attached hydrogens (tertiary/aromatic N) is 5. The number of anilines is 1. The maximum Gasteiger partial charge on any atom is 0.187 e. The minimum Gasteiger partial charge on any atom is -0.294 e. The first kappa shape index (κ1) is 16.3. The van der Waals surface area contributed by atoms with Crippen LogP contribution in [0, 0.1) is 6.92 Å². The van der Waals surface area contributed by atoms with Crippen LogP contribution < -0.4 is 5.43 Å². The molecule has 4 rings (SSSR count). The zero-order valence-corrected chi connectivity index (χ0v) is 15.0. The lowest BCUT2D eigenvalue weighted by atomic mass is 10.2. The molecule has 130 valence electrons. The summed E-state index contributed by atoms with van der Waals surface area (Å²) in [5, 5.41) is 17.1. The maximum atomic E-state index is 5.90. The molecule has 4 aromatic rings. The van der Waals surface area contributed by atoms with Crippen LogP contribution in [0.25, 0.3) is 17.0 Å². The molecule has 3 heterocycles. The normalized spacial score (nSPS) is 11.9. The molecule has 8 heteroatoms. The summed E-state index contributed by atoms with van der Waals surface area (Å²) in [6.07, 6.45) is 3.46. The number of fused-ring (bicyclic) bond motifs is 1. The van der Waals surface area contributed by atoms with E-state index in [2.05, 4.69) is 30.8 Å². The standard InChI is InChI=1S/C18H16ClN7/c1-11(21-22-15-5-3-14(19)4-6-15)16-12(2)25-26-17(23-24-18(16)26)13-7-9-20-10-8-13/h3-10,22,25H,1-2H3/b21-11+. The Hall–Kier alpha value is -3.19. The van der Waals surface area contributed by atoms with Gasteiger partial charge in [-0.3, -0.25) is 15.5 Å². The van der Waals surface area contributed by atoms with E-state index in [0.717, 1.165) is 39.7 Å². The monoisotopic (exact) mass is 365 g/mol. The molecule has 0 fully saturated rings. The number of rotatable bonds is 4. The van der Waals surface area contributed by atoms with E-state index in [1.54, 1.807) is 12.4 Å². The van der Waals surface area contributed by atoms with Gasteiger partial charge in [-0.25, -0.2) is 4.52 Å². The molecule has 0 amide bonds. The van der Waals surface area contributed by atoms with Crippen molar-refractivity contribution < 1.29 is 0 Å². The molecule has 0 saturated carbocycles. The third kappa shape index (κ3) is 2.93. The van der Waals surface area contributed by atoms with Crippen molar-refractivity contribution in [2.45, 2.75) is 13.8 Å². The lowest BCUT2D eigenvalue weighted by Gasteiger charge is -2.03. The summed E-state index contributed by atoms with van der Waals surface area (Å²) in [7, 11) is 0. The Labute approximate surface area is 154 Å².